The van der Waals surface area contributed by atoms with Gasteiger partial charge >= 0.3 is 0 Å². The Morgan fingerprint density at radius 2 is 2.00 bits per heavy atom. The van der Waals surface area contributed by atoms with Crippen molar-refractivity contribution in [3.63, 3.8) is 0 Å². The molecule has 0 spiro atoms. The van der Waals surface area contributed by atoms with Crippen LogP contribution in [0.15, 0.2) is 27.5 Å². The van der Waals surface area contributed by atoms with Crippen molar-refractivity contribution in [2.45, 2.75) is 37.1 Å². The number of sulfonamides is 1. The van der Waals surface area contributed by atoms with Crippen LogP contribution >= 0.6 is 0 Å². The summed E-state index contributed by atoms with van der Waals surface area (Å²) >= 11 is 0. The van der Waals surface area contributed by atoms with Gasteiger partial charge in [0.15, 0.2) is 0 Å². The molecule has 2 aromatic heterocycles. The fourth-order valence-electron chi connectivity index (χ4n) is 2.62. The van der Waals surface area contributed by atoms with Gasteiger partial charge in [0.05, 0.1) is 16.5 Å². The van der Waals surface area contributed by atoms with E-state index in [1.54, 1.807) is 19.9 Å². The van der Waals surface area contributed by atoms with E-state index in [9.17, 15) is 8.42 Å². The summed E-state index contributed by atoms with van der Waals surface area (Å²) in [7, 11) is -3.86. The average Bonchev–Trinajstić information content (AvgIpc) is 3.23. The van der Waals surface area contributed by atoms with Crippen molar-refractivity contribution >= 4 is 20.9 Å². The fourth-order valence-corrected chi connectivity index (χ4v) is 4.03. The van der Waals surface area contributed by atoms with Gasteiger partial charge < -0.3 is 4.42 Å². The van der Waals surface area contributed by atoms with Gasteiger partial charge in [0.2, 0.25) is 15.9 Å². The maximum Gasteiger partial charge on any atom is 0.267 e. The lowest BCUT2D eigenvalue weighted by molar-refractivity contribution is 0.531. The monoisotopic (exact) mass is 370 g/mol. The highest BCUT2D eigenvalue weighted by Crippen LogP contribution is 2.36. The molecule has 0 amide bonds. The smallest absolute Gasteiger partial charge is 0.267 e. The zero-order valence-corrected chi connectivity index (χ0v) is 14.8. The number of aromatic nitrogens is 4. The molecule has 4 rings (SSSR count). The SMILES string of the molecule is Cc1nc(-c2nnc(C)o2)c2cc(S(=O)(=O)NC3(C#N)CC3)ccc2n1. The molecular weight excluding hydrogens is 356 g/mol. The lowest BCUT2D eigenvalue weighted by Gasteiger charge is -2.11. The second-order valence-corrected chi connectivity index (χ2v) is 7.91. The quantitative estimate of drug-likeness (QED) is 0.732. The first-order valence-electron chi connectivity index (χ1n) is 7.86. The topological polar surface area (TPSA) is 135 Å². The Labute approximate surface area is 149 Å². The van der Waals surface area contributed by atoms with Crippen molar-refractivity contribution in [3.8, 4) is 17.7 Å². The number of benzene rings is 1. The number of hydrogen-bond donors (Lipinski definition) is 1. The summed E-state index contributed by atoms with van der Waals surface area (Å²) in [5, 5.41) is 17.4. The van der Waals surface area contributed by atoms with Crippen LogP contribution in [0, 0.1) is 25.2 Å². The van der Waals surface area contributed by atoms with Gasteiger partial charge in [0, 0.05) is 12.3 Å². The molecule has 0 aliphatic heterocycles. The summed E-state index contributed by atoms with van der Waals surface area (Å²) in [4.78, 5) is 8.69. The van der Waals surface area contributed by atoms with Crippen molar-refractivity contribution in [2.24, 2.45) is 0 Å². The molecule has 0 atom stereocenters. The molecule has 10 heteroatoms. The minimum absolute atomic E-state index is 0.0245. The van der Waals surface area contributed by atoms with E-state index in [4.69, 9.17) is 9.68 Å². The van der Waals surface area contributed by atoms with Gasteiger partial charge in [-0.3, -0.25) is 0 Å². The minimum atomic E-state index is -3.86. The van der Waals surface area contributed by atoms with E-state index in [0.717, 1.165) is 0 Å². The van der Waals surface area contributed by atoms with Gasteiger partial charge in [0.25, 0.3) is 5.89 Å². The van der Waals surface area contributed by atoms with Crippen molar-refractivity contribution in [1.29, 1.82) is 5.26 Å². The molecule has 2 heterocycles. The molecule has 1 fully saturated rings. The molecular formula is C16H14N6O3S. The van der Waals surface area contributed by atoms with Gasteiger partial charge in [-0.05, 0) is 38.0 Å². The number of hydrogen-bond acceptors (Lipinski definition) is 8. The Hall–Kier alpha value is -2.90. The molecule has 1 saturated carbocycles. The molecule has 9 nitrogen and oxygen atoms in total. The Morgan fingerprint density at radius 1 is 1.23 bits per heavy atom. The van der Waals surface area contributed by atoms with Gasteiger partial charge in [-0.15, -0.1) is 10.2 Å². The molecule has 0 saturated heterocycles. The first-order valence-corrected chi connectivity index (χ1v) is 9.34. The number of rotatable bonds is 4. The Bertz CT molecular complexity index is 1170. The van der Waals surface area contributed by atoms with E-state index in [-0.39, 0.29) is 10.8 Å². The Kier molecular flexibility index (Phi) is 3.54. The third-order valence-electron chi connectivity index (χ3n) is 4.11. The highest BCUT2D eigenvalue weighted by atomic mass is 32.2. The first kappa shape index (κ1) is 16.6. The second kappa shape index (κ2) is 5.55. The van der Waals surface area contributed by atoms with E-state index in [2.05, 4.69) is 24.9 Å². The molecule has 0 unspecified atom stereocenters. The molecule has 0 radical (unpaired) electrons. The second-order valence-electron chi connectivity index (χ2n) is 6.22. The number of nitrogens with zero attached hydrogens (tertiary/aromatic N) is 5. The summed E-state index contributed by atoms with van der Waals surface area (Å²) in [6.45, 7) is 3.38. The predicted molar refractivity (Wildman–Crippen MR) is 90.2 cm³/mol. The molecule has 1 aliphatic rings. The molecule has 1 N–H and O–H groups in total. The summed E-state index contributed by atoms with van der Waals surface area (Å²) in [6.07, 6.45) is 1.01. The van der Waals surface area contributed by atoms with E-state index < -0.39 is 15.6 Å². The highest BCUT2D eigenvalue weighted by Gasteiger charge is 2.46. The molecule has 26 heavy (non-hydrogen) atoms. The van der Waals surface area contributed by atoms with E-state index >= 15 is 0 Å². The summed E-state index contributed by atoms with van der Waals surface area (Å²) in [6, 6.07) is 6.52. The normalized spacial score (nSPS) is 15.7. The van der Waals surface area contributed by atoms with Crippen LogP contribution in [0.2, 0.25) is 0 Å². The van der Waals surface area contributed by atoms with Crippen molar-refractivity contribution in [1.82, 2.24) is 24.9 Å². The van der Waals surface area contributed by atoms with Crippen LogP contribution in [-0.2, 0) is 10.0 Å². The molecule has 3 aromatic rings. The van der Waals surface area contributed by atoms with E-state index in [0.29, 0.717) is 41.2 Å². The fraction of sp³-hybridized carbons (Fsp3) is 0.312. The van der Waals surface area contributed by atoms with Gasteiger partial charge in [-0.25, -0.2) is 18.4 Å². The lowest BCUT2D eigenvalue weighted by Crippen LogP contribution is -2.35. The average molecular weight is 370 g/mol. The number of fused-ring (bicyclic) bond motifs is 1. The molecule has 1 aromatic carbocycles. The first-order chi connectivity index (χ1) is 12.3. The summed E-state index contributed by atoms with van der Waals surface area (Å²) < 4.78 is 33.2. The van der Waals surface area contributed by atoms with Crippen LogP contribution in [0.1, 0.15) is 24.6 Å². The van der Waals surface area contributed by atoms with Crippen LogP contribution in [0.25, 0.3) is 22.5 Å². The third kappa shape index (κ3) is 2.81. The van der Waals surface area contributed by atoms with Crippen molar-refractivity contribution in [3.05, 3.63) is 29.9 Å². The maximum atomic E-state index is 12.7. The van der Waals surface area contributed by atoms with Gasteiger partial charge in [0.1, 0.15) is 17.1 Å². The van der Waals surface area contributed by atoms with E-state index in [1.807, 2.05) is 6.07 Å². The van der Waals surface area contributed by atoms with Gasteiger partial charge in [-0.2, -0.15) is 9.98 Å². The van der Waals surface area contributed by atoms with Crippen LogP contribution < -0.4 is 4.72 Å². The third-order valence-corrected chi connectivity index (χ3v) is 5.65. The Balaban J connectivity index is 1.87. The van der Waals surface area contributed by atoms with Crippen LogP contribution in [0.5, 0.6) is 0 Å². The zero-order chi connectivity index (χ0) is 18.5. The summed E-state index contributed by atoms with van der Waals surface area (Å²) in [5.74, 6) is 1.06. The standard InChI is InChI=1S/C16H14N6O3S/c1-9-18-13-4-3-11(26(23,24)22-16(8-17)5-6-16)7-12(13)14(19-9)15-21-20-10(2)25-15/h3-4,7,22H,5-6H2,1-2H3. The largest absolute Gasteiger partial charge is 0.420 e. The highest BCUT2D eigenvalue weighted by molar-refractivity contribution is 7.89. The molecule has 0 bridgehead atoms. The maximum absolute atomic E-state index is 12.7. The van der Waals surface area contributed by atoms with Crippen molar-refractivity contribution in [2.75, 3.05) is 0 Å². The zero-order valence-electron chi connectivity index (χ0n) is 14.0. The number of aryl methyl sites for hydroxylation is 2. The van der Waals surface area contributed by atoms with Crippen LogP contribution in [0.3, 0.4) is 0 Å². The predicted octanol–water partition coefficient (Wildman–Crippen LogP) is 1.63. The molecule has 132 valence electrons. The number of nitriles is 1. The number of nitrogens with one attached hydrogen (secondary N) is 1. The lowest BCUT2D eigenvalue weighted by atomic mass is 10.2. The van der Waals surface area contributed by atoms with Gasteiger partial charge in [-0.1, -0.05) is 0 Å². The molecule has 1 aliphatic carbocycles. The van der Waals surface area contributed by atoms with E-state index in [1.165, 1.54) is 12.1 Å². The summed E-state index contributed by atoms with van der Waals surface area (Å²) in [5.41, 5.74) is -0.0698. The minimum Gasteiger partial charge on any atom is -0.420 e. The Morgan fingerprint density at radius 3 is 2.62 bits per heavy atom. The van der Waals surface area contributed by atoms with Crippen LogP contribution in [0.4, 0.5) is 0 Å². The van der Waals surface area contributed by atoms with Crippen LogP contribution in [-0.4, -0.2) is 34.1 Å². The van der Waals surface area contributed by atoms with Crippen molar-refractivity contribution < 1.29 is 12.8 Å².